The standard InChI is InChI=1S/C18H15N3O3/c1-24-13-7-5-12(6-8-13)15-14(11-19)17(22)20-18(23)16(15)21-9-3-2-4-10-21/h2-10,15-16H,1H3,(H,20,22,23)/t15-,16+/m1/s1. The molecule has 1 aliphatic heterocycles. The molecule has 24 heavy (non-hydrogen) atoms. The van der Waals surface area contributed by atoms with Gasteiger partial charge in [0.15, 0.2) is 12.4 Å². The van der Waals surface area contributed by atoms with Gasteiger partial charge in [0.2, 0.25) is 6.04 Å². The molecule has 0 spiro atoms. The number of hydrogen-bond acceptors (Lipinski definition) is 3. The van der Waals surface area contributed by atoms with Crippen LogP contribution in [0.2, 0.25) is 0 Å². The van der Waals surface area contributed by atoms with Gasteiger partial charge in [0.25, 0.3) is 11.8 Å². The summed E-state index contributed by atoms with van der Waals surface area (Å²) < 4.78 is 6.84. The molecule has 0 radical (unpaired) electrons. The zero-order valence-electron chi connectivity index (χ0n) is 13.0. The van der Waals surface area contributed by atoms with Gasteiger partial charge in [0.05, 0.1) is 18.6 Å². The molecule has 0 unspecified atom stereocenters. The first kappa shape index (κ1) is 15.6. The Morgan fingerprint density at radius 1 is 1.12 bits per heavy atom. The van der Waals surface area contributed by atoms with Crippen LogP contribution in [0.15, 0.2) is 60.4 Å². The predicted molar refractivity (Wildman–Crippen MR) is 86.4 cm³/mol. The van der Waals surface area contributed by atoms with Crippen molar-refractivity contribution < 1.29 is 18.9 Å². The van der Waals surface area contributed by atoms with Gasteiger partial charge in [0, 0.05) is 12.1 Å². The Hall–Kier alpha value is -3.24. The quantitative estimate of drug-likeness (QED) is 0.398. The number of rotatable bonds is 3. The molecule has 1 saturated heterocycles. The molecule has 1 aromatic heterocycles. The van der Waals surface area contributed by atoms with E-state index in [1.807, 2.05) is 11.9 Å². The van der Waals surface area contributed by atoms with E-state index in [0.29, 0.717) is 11.3 Å². The fourth-order valence-electron chi connectivity index (χ4n) is 2.89. The summed E-state index contributed by atoms with van der Waals surface area (Å²) >= 11 is 0. The van der Waals surface area contributed by atoms with E-state index in [4.69, 9.17) is 4.74 Å². The van der Waals surface area contributed by atoms with Crippen LogP contribution in [0.25, 0.3) is 5.41 Å². The van der Waals surface area contributed by atoms with Gasteiger partial charge in [-0.2, -0.15) is 4.57 Å². The highest BCUT2D eigenvalue weighted by Crippen LogP contribution is 2.35. The van der Waals surface area contributed by atoms with Crippen molar-refractivity contribution in [3.63, 3.8) is 0 Å². The Morgan fingerprint density at radius 3 is 2.38 bits per heavy atom. The molecule has 3 rings (SSSR count). The Morgan fingerprint density at radius 2 is 1.79 bits per heavy atom. The van der Waals surface area contributed by atoms with E-state index >= 15 is 0 Å². The first-order valence-electron chi connectivity index (χ1n) is 7.37. The van der Waals surface area contributed by atoms with Crippen molar-refractivity contribution in [2.45, 2.75) is 12.0 Å². The highest BCUT2D eigenvalue weighted by Gasteiger charge is 2.46. The number of imide groups is 1. The lowest BCUT2D eigenvalue weighted by atomic mass is 9.81. The van der Waals surface area contributed by atoms with Crippen LogP contribution < -0.4 is 14.6 Å². The number of carbonyl (C=O) groups is 2. The maximum absolute atomic E-state index is 12.5. The minimum absolute atomic E-state index is 0.0149. The molecule has 6 heteroatoms. The second-order valence-corrected chi connectivity index (χ2v) is 5.36. The molecule has 0 aliphatic carbocycles. The van der Waals surface area contributed by atoms with Crippen molar-refractivity contribution in [2.75, 3.05) is 7.11 Å². The van der Waals surface area contributed by atoms with Crippen molar-refractivity contribution in [1.29, 1.82) is 0 Å². The molecule has 0 saturated carbocycles. The maximum Gasteiger partial charge on any atom is 0.296 e. The lowest BCUT2D eigenvalue weighted by Gasteiger charge is -2.28. The van der Waals surface area contributed by atoms with Crippen LogP contribution in [0.1, 0.15) is 17.5 Å². The largest absolute Gasteiger partial charge is 0.763 e. The van der Waals surface area contributed by atoms with E-state index in [0.717, 1.165) is 0 Å². The number of hydrogen-bond donors (Lipinski definition) is 1. The number of benzene rings is 1. The predicted octanol–water partition coefficient (Wildman–Crippen LogP) is 1.13. The zero-order valence-corrected chi connectivity index (χ0v) is 13.0. The van der Waals surface area contributed by atoms with Crippen molar-refractivity contribution in [3.05, 3.63) is 71.4 Å². The molecule has 2 amide bonds. The number of aromatic nitrogens is 1. The van der Waals surface area contributed by atoms with Crippen molar-refractivity contribution in [3.8, 4) is 5.75 Å². The third-order valence-electron chi connectivity index (χ3n) is 4.03. The number of ether oxygens (including phenoxy) is 1. The minimum Gasteiger partial charge on any atom is -0.763 e. The van der Waals surface area contributed by atoms with Gasteiger partial charge in [0.1, 0.15) is 5.75 Å². The number of nitrogens with zero attached hydrogens (tertiary/aromatic N) is 2. The topological polar surface area (TPSA) is 81.6 Å². The van der Waals surface area contributed by atoms with E-state index in [1.54, 1.807) is 60.5 Å². The number of methoxy groups -OCH3 is 1. The van der Waals surface area contributed by atoms with Crippen LogP contribution in [0.5, 0.6) is 5.75 Å². The molecule has 2 atom stereocenters. The molecule has 0 bridgehead atoms. The van der Waals surface area contributed by atoms with Crippen LogP contribution in [0, 0.1) is 0 Å². The van der Waals surface area contributed by atoms with Crippen molar-refractivity contribution in [1.82, 2.24) is 5.32 Å². The summed E-state index contributed by atoms with van der Waals surface area (Å²) in [6.07, 6.45) is 3.48. The number of carbonyl (C=O) groups excluding carboxylic acids is 2. The van der Waals surface area contributed by atoms with Gasteiger partial charge < -0.3 is 10.1 Å². The van der Waals surface area contributed by atoms with Gasteiger partial charge >= 0.3 is 0 Å². The SMILES string of the molecule is COc1ccc([C@@H]2C(=C=[N-])C(=O)NC(=O)[C@H]2[n+]2ccccc2)cc1. The minimum atomic E-state index is -0.716. The molecule has 6 nitrogen and oxygen atoms in total. The first-order chi connectivity index (χ1) is 11.7. The Kier molecular flexibility index (Phi) is 4.22. The summed E-state index contributed by atoms with van der Waals surface area (Å²) in [6.45, 7) is 0. The van der Waals surface area contributed by atoms with E-state index in [9.17, 15) is 15.0 Å². The van der Waals surface area contributed by atoms with E-state index in [2.05, 4.69) is 5.32 Å². The second-order valence-electron chi connectivity index (χ2n) is 5.36. The summed E-state index contributed by atoms with van der Waals surface area (Å²) in [5.74, 6) is 0.884. The van der Waals surface area contributed by atoms with Crippen LogP contribution in [-0.2, 0) is 9.59 Å². The summed E-state index contributed by atoms with van der Waals surface area (Å²) in [5, 5.41) is 11.7. The highest BCUT2D eigenvalue weighted by atomic mass is 16.5. The number of nitrogens with one attached hydrogen (secondary N) is 1. The molecule has 1 fully saturated rings. The third-order valence-corrected chi connectivity index (χ3v) is 4.03. The average Bonchev–Trinajstić information content (AvgIpc) is 2.62. The van der Waals surface area contributed by atoms with Crippen LogP contribution >= 0.6 is 0 Å². The van der Waals surface area contributed by atoms with Gasteiger partial charge in [-0.1, -0.05) is 18.2 Å². The van der Waals surface area contributed by atoms with Crippen molar-refractivity contribution >= 4 is 17.7 Å². The monoisotopic (exact) mass is 321 g/mol. The highest BCUT2D eigenvalue weighted by molar-refractivity contribution is 6.14. The lowest BCUT2D eigenvalue weighted by molar-refractivity contribution is -0.711. The molecule has 1 aliphatic rings. The van der Waals surface area contributed by atoms with E-state index in [-0.39, 0.29) is 5.57 Å². The fraction of sp³-hybridized carbons (Fsp3) is 0.167. The zero-order chi connectivity index (χ0) is 17.1. The molecule has 2 heterocycles. The van der Waals surface area contributed by atoms with Gasteiger partial charge in [-0.15, -0.1) is 0 Å². The maximum atomic E-state index is 12.5. The number of pyridine rings is 1. The summed E-state index contributed by atoms with van der Waals surface area (Å²) in [4.78, 5) is 24.6. The normalized spacial score (nSPS) is 20.3. The molecular formula is C18H15N3O3. The number of piperidine rings is 1. The number of amides is 2. The summed E-state index contributed by atoms with van der Waals surface area (Å²) in [7, 11) is 1.56. The van der Waals surface area contributed by atoms with Crippen LogP contribution in [0.3, 0.4) is 0 Å². The first-order valence-corrected chi connectivity index (χ1v) is 7.37. The molecule has 1 N–H and O–H groups in total. The Bertz CT molecular complexity index is 824. The molecule has 120 valence electrons. The summed E-state index contributed by atoms with van der Waals surface area (Å²) in [5.41, 5.74) is 0.720. The molecule has 1 aromatic carbocycles. The smallest absolute Gasteiger partial charge is 0.296 e. The van der Waals surface area contributed by atoms with Gasteiger partial charge in [-0.05, 0) is 17.7 Å². The average molecular weight is 321 g/mol. The van der Waals surface area contributed by atoms with Crippen LogP contribution in [-0.4, -0.2) is 24.8 Å². The molecular weight excluding hydrogens is 306 g/mol. The van der Waals surface area contributed by atoms with Gasteiger partial charge in [-0.25, -0.2) is 0 Å². The molecule has 2 aromatic rings. The summed E-state index contributed by atoms with van der Waals surface area (Å²) in [6, 6.07) is 11.7. The van der Waals surface area contributed by atoms with Gasteiger partial charge in [-0.3, -0.25) is 20.8 Å². The van der Waals surface area contributed by atoms with Crippen LogP contribution in [0.4, 0.5) is 0 Å². The fourth-order valence-corrected chi connectivity index (χ4v) is 2.89. The third kappa shape index (κ3) is 2.71. The van der Waals surface area contributed by atoms with E-state index < -0.39 is 23.8 Å². The second kappa shape index (κ2) is 6.48. The lowest BCUT2D eigenvalue weighted by Crippen LogP contribution is -2.57. The van der Waals surface area contributed by atoms with E-state index in [1.165, 1.54) is 0 Å². The van der Waals surface area contributed by atoms with Crippen molar-refractivity contribution in [2.24, 2.45) is 0 Å². The Labute approximate surface area is 138 Å². The Balaban J connectivity index is 2.14.